The first-order chi connectivity index (χ1) is 54.8. The van der Waals surface area contributed by atoms with Crippen LogP contribution in [0, 0.1) is 5.41 Å². The first-order valence-electron chi connectivity index (χ1n) is 39.2. The molecule has 30 nitrogen and oxygen atoms in total. The van der Waals surface area contributed by atoms with Crippen molar-refractivity contribution in [2.75, 3.05) is 147 Å². The minimum atomic E-state index is -1.11. The topological polar surface area (TPSA) is 319 Å². The predicted molar refractivity (Wildman–Crippen MR) is 433 cm³/mol. The van der Waals surface area contributed by atoms with Gasteiger partial charge in [0, 0.05) is 67.6 Å². The molecule has 5 N–H and O–H groups in total. The van der Waals surface area contributed by atoms with Crippen molar-refractivity contribution >= 4 is 117 Å². The Morgan fingerprint density at radius 2 is 0.652 bits per heavy atom. The zero-order valence-electron chi connectivity index (χ0n) is 66.1. The summed E-state index contributed by atoms with van der Waals surface area (Å²) in [6.45, 7) is 25.3. The Morgan fingerprint density at radius 3 is 0.973 bits per heavy atom. The molecule has 12 aromatic rings. The Labute approximate surface area is 651 Å². The number of aliphatic hydroxyl groups is 1. The standard InChI is InChI=1S/C82H108N16O14/c1-10-33-95-64(44-101-13-4)90-68-72(95)56-25-17-21-29-60(56)86-76(68)83-53-109-39-36-105-49-82(50-106-37-40-110-54-84-77-69-73(57-26-18-22-30-61(57)87-77)96(34-11-2)65(91-69)45-102-14-5,51-107-38-41-111-55-85-78-70-74(58-27-19-23-31-62(58)88-78)97(35-12-3)66(92-70)46-103-15-6)52-108-42-43-112-80(99)94-79-71-75(59-28-20-24-32-63(59)89-79)98(48-81(8,9)100)67(93-71)47-104-16-7/h17-32,100H,10-16,33-55H2,1-9H3,(H,83,86)(H,84,87)(H,85,88)(H,89,94,99). The highest BCUT2D eigenvalue weighted by molar-refractivity contribution is 6.11. The third-order valence-corrected chi connectivity index (χ3v) is 18.7. The molecule has 600 valence electrons. The fourth-order valence-corrected chi connectivity index (χ4v) is 13.8. The van der Waals surface area contributed by atoms with E-state index in [1.165, 1.54) is 0 Å². The van der Waals surface area contributed by atoms with E-state index in [4.69, 9.17) is 96.7 Å². The normalized spacial score (nSPS) is 12.3. The summed E-state index contributed by atoms with van der Waals surface area (Å²) in [6, 6.07) is 31.8. The maximum absolute atomic E-state index is 13.9. The van der Waals surface area contributed by atoms with Crippen LogP contribution in [0.4, 0.5) is 28.1 Å². The number of aromatic nitrogens is 12. The number of anilines is 4. The number of benzene rings is 4. The molecule has 0 aliphatic rings. The number of carbonyl (C=O) groups excluding carboxylic acids is 1. The van der Waals surface area contributed by atoms with Crippen molar-refractivity contribution in [2.24, 2.45) is 5.41 Å². The molecule has 0 saturated carbocycles. The summed E-state index contributed by atoms with van der Waals surface area (Å²) in [5.41, 5.74) is 7.30. The van der Waals surface area contributed by atoms with Crippen LogP contribution in [0.25, 0.3) is 87.7 Å². The highest BCUT2D eigenvalue weighted by atomic mass is 16.6. The summed E-state index contributed by atoms with van der Waals surface area (Å²) in [5.74, 6) is 5.04. The van der Waals surface area contributed by atoms with E-state index in [0.29, 0.717) is 86.1 Å². The molecule has 12 rings (SSSR count). The summed E-state index contributed by atoms with van der Waals surface area (Å²) in [4.78, 5) is 53.9. The smallest absolute Gasteiger partial charge is 0.412 e. The van der Waals surface area contributed by atoms with Gasteiger partial charge in [0.1, 0.15) is 98.6 Å². The lowest BCUT2D eigenvalue weighted by molar-refractivity contribution is -0.119. The van der Waals surface area contributed by atoms with E-state index in [0.717, 1.165) is 128 Å². The minimum absolute atomic E-state index is 0.0214. The van der Waals surface area contributed by atoms with Gasteiger partial charge in [0.25, 0.3) is 0 Å². The second-order valence-corrected chi connectivity index (χ2v) is 27.9. The number of para-hydroxylation sites is 4. The van der Waals surface area contributed by atoms with Crippen molar-refractivity contribution in [1.82, 2.24) is 58.1 Å². The molecule has 8 aromatic heterocycles. The largest absolute Gasteiger partial charge is 0.447 e. The summed E-state index contributed by atoms with van der Waals surface area (Å²) in [7, 11) is 0. The lowest BCUT2D eigenvalue weighted by Gasteiger charge is -2.33. The van der Waals surface area contributed by atoms with Crippen LogP contribution in [-0.4, -0.2) is 201 Å². The number of nitrogens with zero attached hydrogens (tertiary/aromatic N) is 12. The van der Waals surface area contributed by atoms with Gasteiger partial charge in [0.05, 0.1) is 134 Å². The maximum atomic E-state index is 13.9. The number of ether oxygens (including phenoxy) is 12. The van der Waals surface area contributed by atoms with Crippen molar-refractivity contribution in [2.45, 2.75) is 140 Å². The van der Waals surface area contributed by atoms with E-state index in [1.807, 2.05) is 111 Å². The Morgan fingerprint density at radius 1 is 0.366 bits per heavy atom. The van der Waals surface area contributed by atoms with Crippen LogP contribution in [0.1, 0.15) is 105 Å². The van der Waals surface area contributed by atoms with E-state index >= 15 is 0 Å². The molecule has 0 spiro atoms. The molecule has 30 heteroatoms. The van der Waals surface area contributed by atoms with Crippen LogP contribution < -0.4 is 21.3 Å². The number of rotatable bonds is 50. The zero-order chi connectivity index (χ0) is 78.2. The number of pyridine rings is 4. The predicted octanol–water partition coefficient (Wildman–Crippen LogP) is 13.3. The second-order valence-electron chi connectivity index (χ2n) is 27.9. The van der Waals surface area contributed by atoms with Gasteiger partial charge in [-0.15, -0.1) is 0 Å². The number of aryl methyl sites for hydroxylation is 3. The van der Waals surface area contributed by atoms with E-state index in [2.05, 4.69) is 73.9 Å². The SMILES string of the molecule is CCCn1c(COCC)nc2c(NCOCCOCC(COCCOCNc3nc4ccccc4c4c3nc(COCC)n4CCC)(COCCOCNc3nc4ccccc4c4c3nc(COCC)n4CCC)COCCOC(=O)Nc3nc4ccccc4c4c3nc(COCC)n4CC(C)(C)O)nc3ccccc3c21. The molecular weight excluding hydrogens is 1430 g/mol. The second kappa shape index (κ2) is 40.4. The van der Waals surface area contributed by atoms with E-state index in [9.17, 15) is 9.90 Å². The molecule has 8 heterocycles. The summed E-state index contributed by atoms with van der Waals surface area (Å²) < 4.78 is 82.8. The van der Waals surface area contributed by atoms with Crippen LogP contribution in [0.3, 0.4) is 0 Å². The zero-order valence-corrected chi connectivity index (χ0v) is 66.1. The van der Waals surface area contributed by atoms with Crippen molar-refractivity contribution in [3.8, 4) is 0 Å². The van der Waals surface area contributed by atoms with Gasteiger partial charge >= 0.3 is 6.09 Å². The highest BCUT2D eigenvalue weighted by Gasteiger charge is 2.34. The molecular formula is C82H108N16O14. The van der Waals surface area contributed by atoms with Gasteiger partial charge in [-0.2, -0.15) is 0 Å². The molecule has 4 aromatic carbocycles. The van der Waals surface area contributed by atoms with Crippen LogP contribution in [-0.2, 0) is 109 Å². The molecule has 0 aliphatic carbocycles. The number of nitrogens with one attached hydrogen (secondary N) is 4. The molecule has 0 atom stereocenters. The fourth-order valence-electron chi connectivity index (χ4n) is 13.8. The van der Waals surface area contributed by atoms with Gasteiger partial charge < -0.3 is 96.2 Å². The number of imidazole rings is 4. The van der Waals surface area contributed by atoms with Crippen molar-refractivity contribution in [1.29, 1.82) is 0 Å². The number of carbonyl (C=O) groups is 1. The Balaban J connectivity index is 0.753. The molecule has 0 saturated heterocycles. The number of hydrogen-bond donors (Lipinski definition) is 5. The number of amides is 1. The quantitative estimate of drug-likeness (QED) is 0.0175. The van der Waals surface area contributed by atoms with Crippen molar-refractivity contribution in [3.05, 3.63) is 120 Å². The number of hydrogen-bond acceptors (Lipinski definition) is 25. The molecule has 0 radical (unpaired) electrons. The maximum Gasteiger partial charge on any atom is 0.412 e. The van der Waals surface area contributed by atoms with Gasteiger partial charge in [-0.05, 0) is 85.1 Å². The Bertz CT molecular complexity index is 4700. The van der Waals surface area contributed by atoms with Crippen LogP contribution >= 0.6 is 0 Å². The third-order valence-electron chi connectivity index (χ3n) is 18.7. The Hall–Kier alpha value is -9.41. The van der Waals surface area contributed by atoms with Gasteiger partial charge in [-0.3, -0.25) is 5.32 Å². The average molecular weight is 1540 g/mol. The van der Waals surface area contributed by atoms with E-state index in [-0.39, 0.29) is 118 Å². The van der Waals surface area contributed by atoms with Gasteiger partial charge in [0.15, 0.2) is 23.3 Å². The average Bonchev–Trinajstić information content (AvgIpc) is 1.60. The van der Waals surface area contributed by atoms with Crippen LogP contribution in [0.15, 0.2) is 97.1 Å². The number of fused-ring (bicyclic) bond motifs is 12. The van der Waals surface area contributed by atoms with E-state index < -0.39 is 17.1 Å². The highest BCUT2D eigenvalue weighted by Crippen LogP contribution is 2.36. The van der Waals surface area contributed by atoms with Gasteiger partial charge in [-0.1, -0.05) is 93.6 Å². The molecule has 112 heavy (non-hydrogen) atoms. The molecule has 1 amide bonds. The first-order valence-corrected chi connectivity index (χ1v) is 39.2. The third kappa shape index (κ3) is 20.1. The van der Waals surface area contributed by atoms with Crippen LogP contribution in [0.5, 0.6) is 0 Å². The monoisotopic (exact) mass is 1540 g/mol. The molecule has 0 unspecified atom stereocenters. The Kier molecular flexibility index (Phi) is 29.6. The lowest BCUT2D eigenvalue weighted by Crippen LogP contribution is -2.43. The van der Waals surface area contributed by atoms with Gasteiger partial charge in [-0.25, -0.2) is 44.7 Å². The summed E-state index contributed by atoms with van der Waals surface area (Å²) >= 11 is 0. The molecule has 0 bridgehead atoms. The summed E-state index contributed by atoms with van der Waals surface area (Å²) in [6.07, 6.45) is 1.96. The summed E-state index contributed by atoms with van der Waals surface area (Å²) in [5, 5.41) is 28.0. The molecule has 0 fully saturated rings. The fraction of sp³-hybridized carbons (Fsp3) is 0.500. The lowest BCUT2D eigenvalue weighted by atomic mass is 9.92. The van der Waals surface area contributed by atoms with Crippen molar-refractivity contribution in [3.63, 3.8) is 0 Å². The first kappa shape index (κ1) is 82.1. The van der Waals surface area contributed by atoms with Crippen LogP contribution in [0.2, 0.25) is 0 Å². The van der Waals surface area contributed by atoms with Crippen molar-refractivity contribution < 1.29 is 66.7 Å². The van der Waals surface area contributed by atoms with E-state index in [1.54, 1.807) is 13.8 Å². The molecule has 0 aliphatic heterocycles. The van der Waals surface area contributed by atoms with Gasteiger partial charge in [0.2, 0.25) is 0 Å². The minimum Gasteiger partial charge on any atom is -0.447 e.